The standard InChI is InChI=1S/C16H12N4O4/c21-14-8-15(22)13(20(23)24)7-11(14)9-17-19-16-6-5-10-3-1-2-4-12(10)18-16/h1-9,21-22H,(H,18,19)/p-2/b17-9-. The lowest BCUT2D eigenvalue weighted by Crippen LogP contribution is -2.04. The average molecular weight is 322 g/mol. The first-order valence-corrected chi connectivity index (χ1v) is 6.86. The second-order valence-corrected chi connectivity index (χ2v) is 4.87. The first kappa shape index (κ1) is 15.2. The van der Waals surface area contributed by atoms with E-state index in [0.717, 1.165) is 23.2 Å². The summed E-state index contributed by atoms with van der Waals surface area (Å²) in [7, 11) is 0. The summed E-state index contributed by atoms with van der Waals surface area (Å²) in [5.74, 6) is -1.11. The summed E-state index contributed by atoms with van der Waals surface area (Å²) in [5.41, 5.74) is 2.69. The first-order chi connectivity index (χ1) is 11.5. The SMILES string of the molecule is O=[N+]([O-])c1cc(/C=N\Nc2ccc3ccccc3n2)c([O-])cc1[O-]. The number of nitro groups is 1. The number of fused-ring (bicyclic) bond motifs is 1. The van der Waals surface area contributed by atoms with E-state index >= 15 is 0 Å². The Morgan fingerprint density at radius 2 is 1.88 bits per heavy atom. The van der Waals surface area contributed by atoms with Gasteiger partial charge in [-0.3, -0.25) is 15.5 Å². The van der Waals surface area contributed by atoms with Gasteiger partial charge in [-0.1, -0.05) is 24.3 Å². The number of nitrogens with one attached hydrogen (secondary N) is 1. The molecular formula is C16H10N4O4-2. The van der Waals surface area contributed by atoms with Crippen LogP contribution in [0.15, 0.2) is 53.6 Å². The van der Waals surface area contributed by atoms with Crippen LogP contribution in [-0.2, 0) is 0 Å². The molecule has 0 unspecified atom stereocenters. The zero-order valence-electron chi connectivity index (χ0n) is 12.2. The van der Waals surface area contributed by atoms with E-state index in [9.17, 15) is 20.3 Å². The molecule has 0 fully saturated rings. The molecule has 0 bridgehead atoms. The summed E-state index contributed by atoms with van der Waals surface area (Å²) >= 11 is 0. The smallest absolute Gasteiger partial charge is 0.262 e. The molecule has 1 heterocycles. The van der Waals surface area contributed by atoms with Gasteiger partial charge < -0.3 is 10.2 Å². The molecule has 0 saturated heterocycles. The summed E-state index contributed by atoms with van der Waals surface area (Å²) in [4.78, 5) is 14.2. The van der Waals surface area contributed by atoms with E-state index in [0.29, 0.717) is 11.9 Å². The number of hydrogen-bond acceptors (Lipinski definition) is 7. The summed E-state index contributed by atoms with van der Waals surface area (Å²) in [6, 6.07) is 12.7. The molecule has 3 aromatic rings. The zero-order valence-corrected chi connectivity index (χ0v) is 12.2. The van der Waals surface area contributed by atoms with Crippen LogP contribution in [-0.4, -0.2) is 16.1 Å². The van der Waals surface area contributed by atoms with Gasteiger partial charge >= 0.3 is 0 Å². The number of anilines is 1. The topological polar surface area (TPSA) is 127 Å². The Morgan fingerprint density at radius 3 is 2.67 bits per heavy atom. The third-order valence-electron chi connectivity index (χ3n) is 3.27. The van der Waals surface area contributed by atoms with Crippen LogP contribution >= 0.6 is 0 Å². The van der Waals surface area contributed by atoms with Crippen LogP contribution in [0, 0.1) is 10.1 Å². The second-order valence-electron chi connectivity index (χ2n) is 4.87. The lowest BCUT2D eigenvalue weighted by atomic mass is 10.2. The Hall–Kier alpha value is -3.68. The van der Waals surface area contributed by atoms with Crippen molar-refractivity contribution in [3.8, 4) is 11.5 Å². The minimum Gasteiger partial charge on any atom is -0.872 e. The highest BCUT2D eigenvalue weighted by molar-refractivity contribution is 5.86. The molecular weight excluding hydrogens is 312 g/mol. The minimum atomic E-state index is -0.925. The van der Waals surface area contributed by atoms with Crippen molar-refractivity contribution in [2.75, 3.05) is 5.43 Å². The molecule has 0 spiro atoms. The Balaban J connectivity index is 1.82. The lowest BCUT2D eigenvalue weighted by Gasteiger charge is -2.15. The second kappa shape index (κ2) is 6.21. The van der Waals surface area contributed by atoms with Crippen molar-refractivity contribution in [3.63, 3.8) is 0 Å². The number of hydrogen-bond donors (Lipinski definition) is 1. The molecule has 1 aromatic heterocycles. The average Bonchev–Trinajstić information content (AvgIpc) is 2.56. The van der Waals surface area contributed by atoms with Gasteiger partial charge in [0, 0.05) is 11.5 Å². The number of nitrogens with zero attached hydrogens (tertiary/aromatic N) is 3. The first-order valence-electron chi connectivity index (χ1n) is 6.86. The molecule has 8 heteroatoms. The fourth-order valence-corrected chi connectivity index (χ4v) is 2.11. The van der Waals surface area contributed by atoms with Gasteiger partial charge in [-0.2, -0.15) is 5.10 Å². The summed E-state index contributed by atoms with van der Waals surface area (Å²) < 4.78 is 0. The minimum absolute atomic E-state index is 0.0606. The molecule has 0 aliphatic carbocycles. The van der Waals surface area contributed by atoms with Crippen molar-refractivity contribution in [2.45, 2.75) is 0 Å². The third kappa shape index (κ3) is 3.07. The molecule has 0 aliphatic heterocycles. The van der Waals surface area contributed by atoms with Crippen molar-refractivity contribution < 1.29 is 15.1 Å². The molecule has 2 aromatic carbocycles. The summed E-state index contributed by atoms with van der Waals surface area (Å²) in [6.07, 6.45) is 1.12. The molecule has 1 N–H and O–H groups in total. The molecule has 8 nitrogen and oxygen atoms in total. The van der Waals surface area contributed by atoms with Gasteiger partial charge in [0.1, 0.15) is 5.82 Å². The predicted molar refractivity (Wildman–Crippen MR) is 84.9 cm³/mol. The van der Waals surface area contributed by atoms with Crippen LogP contribution in [0.5, 0.6) is 11.5 Å². The van der Waals surface area contributed by atoms with Gasteiger partial charge in [0.2, 0.25) is 0 Å². The number of para-hydroxylation sites is 1. The summed E-state index contributed by atoms with van der Waals surface area (Å²) in [5, 5.41) is 38.6. The molecule has 0 atom stereocenters. The van der Waals surface area contributed by atoms with Gasteiger partial charge in [0.25, 0.3) is 5.69 Å². The van der Waals surface area contributed by atoms with Crippen LogP contribution < -0.4 is 15.6 Å². The fourth-order valence-electron chi connectivity index (χ4n) is 2.11. The van der Waals surface area contributed by atoms with E-state index < -0.39 is 22.1 Å². The van der Waals surface area contributed by atoms with E-state index in [1.54, 1.807) is 6.07 Å². The highest BCUT2D eigenvalue weighted by Crippen LogP contribution is 2.28. The molecule has 0 amide bonds. The molecule has 0 radical (unpaired) electrons. The van der Waals surface area contributed by atoms with Crippen LogP contribution in [0.3, 0.4) is 0 Å². The number of aromatic nitrogens is 1. The number of rotatable bonds is 4. The maximum Gasteiger partial charge on any atom is 0.262 e. The molecule has 0 aliphatic rings. The van der Waals surface area contributed by atoms with Crippen LogP contribution in [0.1, 0.15) is 5.56 Å². The van der Waals surface area contributed by atoms with Crippen molar-refractivity contribution in [2.24, 2.45) is 5.10 Å². The van der Waals surface area contributed by atoms with Gasteiger partial charge in [-0.15, -0.1) is 5.75 Å². The van der Waals surface area contributed by atoms with E-state index in [-0.39, 0.29) is 5.56 Å². The van der Waals surface area contributed by atoms with Crippen LogP contribution in [0.2, 0.25) is 0 Å². The largest absolute Gasteiger partial charge is 0.872 e. The van der Waals surface area contributed by atoms with E-state index in [1.807, 2.05) is 30.3 Å². The van der Waals surface area contributed by atoms with Crippen molar-refractivity contribution >= 4 is 28.6 Å². The highest BCUT2D eigenvalue weighted by Gasteiger charge is 2.08. The predicted octanol–water partition coefficient (Wildman–Crippen LogP) is 1.74. The van der Waals surface area contributed by atoms with Gasteiger partial charge in [-0.05, 0) is 29.5 Å². The molecule has 24 heavy (non-hydrogen) atoms. The molecule has 120 valence electrons. The van der Waals surface area contributed by atoms with Crippen molar-refractivity contribution in [3.05, 3.63) is 64.2 Å². The molecule has 3 rings (SSSR count). The highest BCUT2D eigenvalue weighted by atomic mass is 16.6. The number of hydrazone groups is 1. The Bertz CT molecular complexity index is 956. The number of pyridine rings is 1. The van der Waals surface area contributed by atoms with Gasteiger partial charge in [0.05, 0.1) is 16.7 Å². The van der Waals surface area contributed by atoms with Crippen molar-refractivity contribution in [1.29, 1.82) is 0 Å². The maximum atomic E-state index is 11.7. The van der Waals surface area contributed by atoms with E-state index in [2.05, 4.69) is 15.5 Å². The van der Waals surface area contributed by atoms with Crippen LogP contribution in [0.25, 0.3) is 10.9 Å². The number of nitro benzene ring substituents is 1. The number of benzene rings is 2. The van der Waals surface area contributed by atoms with Crippen molar-refractivity contribution in [1.82, 2.24) is 4.98 Å². The third-order valence-corrected chi connectivity index (χ3v) is 3.27. The van der Waals surface area contributed by atoms with E-state index in [4.69, 9.17) is 0 Å². The Kier molecular flexibility index (Phi) is 3.94. The van der Waals surface area contributed by atoms with Crippen LogP contribution in [0.4, 0.5) is 11.5 Å². The van der Waals surface area contributed by atoms with Gasteiger partial charge in [0.15, 0.2) is 0 Å². The quantitative estimate of drug-likeness (QED) is 0.443. The normalized spacial score (nSPS) is 11.0. The van der Waals surface area contributed by atoms with Gasteiger partial charge in [-0.25, -0.2) is 4.98 Å². The lowest BCUT2D eigenvalue weighted by molar-refractivity contribution is -0.398. The maximum absolute atomic E-state index is 11.7. The van der Waals surface area contributed by atoms with E-state index in [1.165, 1.54) is 0 Å². The fraction of sp³-hybridized carbons (Fsp3) is 0. The Morgan fingerprint density at radius 1 is 1.08 bits per heavy atom. The summed E-state index contributed by atoms with van der Waals surface area (Å²) in [6.45, 7) is 0. The zero-order chi connectivity index (χ0) is 17.1. The monoisotopic (exact) mass is 322 g/mol. The Labute approximate surface area is 135 Å². The molecule has 0 saturated carbocycles.